The van der Waals surface area contributed by atoms with Gasteiger partial charge in [0.2, 0.25) is 5.13 Å². The van der Waals surface area contributed by atoms with Crippen molar-refractivity contribution >= 4 is 22.7 Å². The highest BCUT2D eigenvalue weighted by molar-refractivity contribution is 7.12. The van der Waals surface area contributed by atoms with E-state index in [0.29, 0.717) is 16.5 Å². The Bertz CT molecular complexity index is 1250. The van der Waals surface area contributed by atoms with E-state index >= 15 is 0 Å². The fraction of sp³-hybridized carbons (Fsp3) is 0.143. The number of nitrogens with one attached hydrogen (secondary N) is 1. The van der Waals surface area contributed by atoms with E-state index in [0.717, 1.165) is 22.6 Å². The summed E-state index contributed by atoms with van der Waals surface area (Å²) in [7, 11) is 1.62. The van der Waals surface area contributed by atoms with Crippen LogP contribution >= 0.6 is 11.3 Å². The van der Waals surface area contributed by atoms with Gasteiger partial charge in [0.05, 0.1) is 30.8 Å². The summed E-state index contributed by atoms with van der Waals surface area (Å²) in [5.74, 6) is 0.768. The number of aryl methyl sites for hydroxylation is 1. The molecular weight excluding hydrogens is 402 g/mol. The molecule has 0 aliphatic rings. The van der Waals surface area contributed by atoms with Gasteiger partial charge in [-0.1, -0.05) is 12.1 Å². The zero-order chi connectivity index (χ0) is 21.1. The van der Waals surface area contributed by atoms with Crippen LogP contribution < -0.4 is 10.3 Å². The SMILES string of the molecule is COc1ccc(-c2csc(-n3[nH]c(C)c(N=Nc4cccc(CO)c4)c3=O)n2)cc1. The topological polar surface area (TPSA) is 105 Å². The number of H-pyrrole nitrogens is 1. The van der Waals surface area contributed by atoms with Crippen LogP contribution in [0.2, 0.25) is 0 Å². The van der Waals surface area contributed by atoms with Gasteiger partial charge >= 0.3 is 5.56 Å². The molecule has 0 fully saturated rings. The Morgan fingerprint density at radius 2 is 2.00 bits per heavy atom. The third-order valence-corrected chi connectivity index (χ3v) is 5.29. The fourth-order valence-corrected chi connectivity index (χ4v) is 3.67. The molecule has 0 radical (unpaired) electrons. The summed E-state index contributed by atoms with van der Waals surface area (Å²) >= 11 is 1.35. The van der Waals surface area contributed by atoms with Crippen molar-refractivity contribution in [2.75, 3.05) is 7.11 Å². The Hall–Kier alpha value is -3.56. The van der Waals surface area contributed by atoms with E-state index in [1.165, 1.54) is 16.0 Å². The molecule has 9 heteroatoms. The molecule has 0 atom stereocenters. The van der Waals surface area contributed by atoms with Gasteiger partial charge in [-0.2, -0.15) is 9.80 Å². The van der Waals surface area contributed by atoms with Crippen molar-refractivity contribution in [2.24, 2.45) is 10.2 Å². The largest absolute Gasteiger partial charge is 0.497 e. The number of thiazole rings is 1. The van der Waals surface area contributed by atoms with Gasteiger partial charge in [-0.05, 0) is 48.9 Å². The highest BCUT2D eigenvalue weighted by atomic mass is 32.1. The maximum Gasteiger partial charge on any atom is 0.301 e. The van der Waals surface area contributed by atoms with Gasteiger partial charge in [-0.25, -0.2) is 4.98 Å². The third kappa shape index (κ3) is 3.93. The van der Waals surface area contributed by atoms with E-state index in [4.69, 9.17) is 4.74 Å². The lowest BCUT2D eigenvalue weighted by Gasteiger charge is -2.00. The number of hydrogen-bond acceptors (Lipinski definition) is 7. The molecule has 0 spiro atoms. The number of aromatic amines is 1. The highest BCUT2D eigenvalue weighted by Crippen LogP contribution is 2.26. The molecule has 4 rings (SSSR count). The minimum absolute atomic E-state index is 0.0834. The van der Waals surface area contributed by atoms with E-state index in [2.05, 4.69) is 20.3 Å². The molecule has 4 aromatic rings. The van der Waals surface area contributed by atoms with Gasteiger partial charge in [0, 0.05) is 10.9 Å². The summed E-state index contributed by atoms with van der Waals surface area (Å²) in [6, 6.07) is 14.6. The van der Waals surface area contributed by atoms with Crippen molar-refractivity contribution in [3.63, 3.8) is 0 Å². The number of hydrogen-bond donors (Lipinski definition) is 2. The molecule has 2 aromatic carbocycles. The van der Waals surface area contributed by atoms with Gasteiger partial charge in [0.25, 0.3) is 0 Å². The standard InChI is InChI=1S/C21H19N5O3S/c1-13-19(24-23-16-5-3-4-14(10-16)11-27)20(28)26(25-13)21-22-18(12-30-21)15-6-8-17(29-2)9-7-15/h3-10,12,25,27H,11H2,1-2H3. The number of rotatable bonds is 6. The molecule has 2 aromatic heterocycles. The molecule has 0 bridgehead atoms. The molecule has 8 nitrogen and oxygen atoms in total. The van der Waals surface area contributed by atoms with Gasteiger partial charge in [-0.3, -0.25) is 9.89 Å². The maximum absolute atomic E-state index is 12.9. The van der Waals surface area contributed by atoms with E-state index in [9.17, 15) is 9.90 Å². The first kappa shape index (κ1) is 19.7. The number of benzene rings is 2. The van der Waals surface area contributed by atoms with Crippen molar-refractivity contribution < 1.29 is 9.84 Å². The molecule has 0 saturated carbocycles. The number of aliphatic hydroxyl groups is 1. The van der Waals surface area contributed by atoms with Crippen molar-refractivity contribution in [3.8, 4) is 22.1 Å². The quantitative estimate of drug-likeness (QED) is 0.447. The first-order chi connectivity index (χ1) is 14.6. The van der Waals surface area contributed by atoms with Crippen LogP contribution in [0.5, 0.6) is 5.75 Å². The second-order valence-electron chi connectivity index (χ2n) is 6.50. The average molecular weight is 421 g/mol. The van der Waals surface area contributed by atoms with E-state index < -0.39 is 0 Å². The lowest BCUT2D eigenvalue weighted by atomic mass is 10.2. The molecule has 2 N–H and O–H groups in total. The number of aliphatic hydroxyl groups excluding tert-OH is 1. The molecule has 0 unspecified atom stereocenters. The Morgan fingerprint density at radius 1 is 1.20 bits per heavy atom. The summed E-state index contributed by atoms with van der Waals surface area (Å²) < 4.78 is 6.55. The Kier molecular flexibility index (Phi) is 5.55. The second kappa shape index (κ2) is 8.44. The number of azo groups is 1. The van der Waals surface area contributed by atoms with Crippen molar-refractivity contribution in [1.82, 2.24) is 14.8 Å². The van der Waals surface area contributed by atoms with E-state index in [-0.39, 0.29) is 17.9 Å². The smallest absolute Gasteiger partial charge is 0.301 e. The van der Waals surface area contributed by atoms with Crippen LogP contribution in [0, 0.1) is 6.92 Å². The minimum atomic E-state index is -0.329. The molecule has 2 heterocycles. The molecule has 0 aliphatic carbocycles. The maximum atomic E-state index is 12.9. The monoisotopic (exact) mass is 421 g/mol. The summed E-state index contributed by atoms with van der Waals surface area (Å²) in [6.45, 7) is 1.67. The lowest BCUT2D eigenvalue weighted by Crippen LogP contribution is -2.13. The molecular formula is C21H19N5O3S. The fourth-order valence-electron chi connectivity index (χ4n) is 2.88. The normalized spacial score (nSPS) is 11.3. The van der Waals surface area contributed by atoms with Crippen LogP contribution in [-0.4, -0.2) is 27.0 Å². The first-order valence-corrected chi connectivity index (χ1v) is 10.0. The van der Waals surface area contributed by atoms with E-state index in [1.807, 2.05) is 29.6 Å². The molecule has 30 heavy (non-hydrogen) atoms. The average Bonchev–Trinajstić information content (AvgIpc) is 3.37. The lowest BCUT2D eigenvalue weighted by molar-refractivity contribution is 0.282. The van der Waals surface area contributed by atoms with Crippen molar-refractivity contribution in [3.05, 3.63) is 75.5 Å². The molecule has 0 saturated heterocycles. The molecule has 152 valence electrons. The van der Waals surface area contributed by atoms with E-state index in [1.54, 1.807) is 38.3 Å². The van der Waals surface area contributed by atoms with Gasteiger partial charge in [-0.15, -0.1) is 16.5 Å². The third-order valence-electron chi connectivity index (χ3n) is 4.47. The summed E-state index contributed by atoms with van der Waals surface area (Å²) in [5, 5.41) is 22.9. The predicted molar refractivity (Wildman–Crippen MR) is 115 cm³/mol. The van der Waals surface area contributed by atoms with Crippen molar-refractivity contribution in [1.29, 1.82) is 0 Å². The summed E-state index contributed by atoms with van der Waals surface area (Å²) in [5.41, 5.74) is 3.45. The number of nitrogens with zero attached hydrogens (tertiary/aromatic N) is 4. The summed E-state index contributed by atoms with van der Waals surface area (Å²) in [6.07, 6.45) is 0. The summed E-state index contributed by atoms with van der Waals surface area (Å²) in [4.78, 5) is 17.4. The zero-order valence-electron chi connectivity index (χ0n) is 16.4. The number of aromatic nitrogens is 3. The predicted octanol–water partition coefficient (Wildman–Crippen LogP) is 4.51. The minimum Gasteiger partial charge on any atom is -0.497 e. The van der Waals surface area contributed by atoms with Crippen molar-refractivity contribution in [2.45, 2.75) is 13.5 Å². The van der Waals surface area contributed by atoms with Gasteiger partial charge in [0.1, 0.15) is 5.75 Å². The molecule has 0 aliphatic heterocycles. The zero-order valence-corrected chi connectivity index (χ0v) is 17.2. The second-order valence-corrected chi connectivity index (χ2v) is 7.33. The Morgan fingerprint density at radius 3 is 2.73 bits per heavy atom. The van der Waals surface area contributed by atoms with Crippen LogP contribution in [0.15, 0.2) is 68.9 Å². The Balaban J connectivity index is 1.63. The van der Waals surface area contributed by atoms with Crippen LogP contribution in [0.4, 0.5) is 11.4 Å². The molecule has 0 amide bonds. The van der Waals surface area contributed by atoms with Crippen LogP contribution in [0.3, 0.4) is 0 Å². The Labute approximate surface area is 176 Å². The van der Waals surface area contributed by atoms with Gasteiger partial charge in [0.15, 0.2) is 5.69 Å². The van der Waals surface area contributed by atoms with Crippen LogP contribution in [0.25, 0.3) is 16.4 Å². The van der Waals surface area contributed by atoms with Gasteiger partial charge < -0.3 is 9.84 Å². The van der Waals surface area contributed by atoms with Crippen LogP contribution in [0.1, 0.15) is 11.3 Å². The first-order valence-electron chi connectivity index (χ1n) is 9.12. The number of methoxy groups -OCH3 is 1. The van der Waals surface area contributed by atoms with Crippen LogP contribution in [-0.2, 0) is 6.61 Å². The highest BCUT2D eigenvalue weighted by Gasteiger charge is 2.15. The number of ether oxygens (including phenoxy) is 1.